The highest BCUT2D eigenvalue weighted by Crippen LogP contribution is 2.31. The van der Waals surface area contributed by atoms with Crippen molar-refractivity contribution in [3.05, 3.63) is 30.1 Å². The van der Waals surface area contributed by atoms with Crippen LogP contribution in [0.2, 0.25) is 0 Å². The van der Waals surface area contributed by atoms with Gasteiger partial charge in [-0.15, -0.1) is 11.6 Å². The molecule has 3 heteroatoms. The molecule has 0 aliphatic heterocycles. The molecule has 2 aromatic rings. The third-order valence-electron chi connectivity index (χ3n) is 4.37. The summed E-state index contributed by atoms with van der Waals surface area (Å²) in [6.45, 7) is 3.29. The molecule has 2 atom stereocenters. The van der Waals surface area contributed by atoms with Crippen molar-refractivity contribution in [2.45, 2.75) is 57.4 Å². The molecule has 0 amide bonds. The Labute approximate surface area is 126 Å². The zero-order valence-corrected chi connectivity index (χ0v) is 12.9. The highest BCUT2D eigenvalue weighted by atomic mass is 35.5. The minimum atomic E-state index is 0.373. The molecule has 1 aromatic heterocycles. The predicted molar refractivity (Wildman–Crippen MR) is 85.3 cm³/mol. The van der Waals surface area contributed by atoms with E-state index in [9.17, 15) is 0 Å². The number of para-hydroxylation sites is 2. The Hall–Kier alpha value is -1.02. The van der Waals surface area contributed by atoms with Crippen LogP contribution in [-0.4, -0.2) is 14.9 Å². The second-order valence-electron chi connectivity index (χ2n) is 6.00. The maximum absolute atomic E-state index is 6.33. The monoisotopic (exact) mass is 290 g/mol. The topological polar surface area (TPSA) is 17.8 Å². The molecule has 0 N–H and O–H groups in total. The van der Waals surface area contributed by atoms with Crippen LogP contribution in [-0.2, 0) is 13.0 Å². The number of hydrogen-bond acceptors (Lipinski definition) is 1. The minimum Gasteiger partial charge on any atom is -0.328 e. The van der Waals surface area contributed by atoms with E-state index in [1.54, 1.807) is 0 Å². The van der Waals surface area contributed by atoms with E-state index in [-0.39, 0.29) is 0 Å². The first-order valence-electron chi connectivity index (χ1n) is 7.86. The molecule has 108 valence electrons. The molecule has 0 spiro atoms. The van der Waals surface area contributed by atoms with Crippen LogP contribution in [0, 0.1) is 5.92 Å². The van der Waals surface area contributed by atoms with Gasteiger partial charge in [-0.2, -0.15) is 0 Å². The van der Waals surface area contributed by atoms with E-state index in [1.165, 1.54) is 30.6 Å². The van der Waals surface area contributed by atoms with Crippen molar-refractivity contribution in [1.29, 1.82) is 0 Å². The van der Waals surface area contributed by atoms with Crippen molar-refractivity contribution in [2.24, 2.45) is 5.92 Å². The highest BCUT2D eigenvalue weighted by Gasteiger charge is 2.22. The number of fused-ring (bicyclic) bond motifs is 1. The first-order valence-corrected chi connectivity index (χ1v) is 8.29. The van der Waals surface area contributed by atoms with Crippen LogP contribution in [0.3, 0.4) is 0 Å². The number of benzene rings is 1. The van der Waals surface area contributed by atoms with E-state index in [4.69, 9.17) is 16.6 Å². The van der Waals surface area contributed by atoms with Gasteiger partial charge >= 0.3 is 0 Å². The third kappa shape index (κ3) is 2.85. The van der Waals surface area contributed by atoms with Gasteiger partial charge in [0, 0.05) is 18.3 Å². The summed E-state index contributed by atoms with van der Waals surface area (Å²) in [7, 11) is 0. The zero-order chi connectivity index (χ0) is 13.9. The summed E-state index contributed by atoms with van der Waals surface area (Å²) >= 11 is 6.33. The number of aromatic nitrogens is 2. The summed E-state index contributed by atoms with van der Waals surface area (Å²) in [4.78, 5) is 4.87. The van der Waals surface area contributed by atoms with Gasteiger partial charge in [0.25, 0.3) is 0 Å². The van der Waals surface area contributed by atoms with Crippen LogP contribution < -0.4 is 0 Å². The third-order valence-corrected chi connectivity index (χ3v) is 4.77. The number of hydrogen-bond donors (Lipinski definition) is 0. The van der Waals surface area contributed by atoms with Gasteiger partial charge in [0.05, 0.1) is 11.0 Å². The molecule has 1 saturated carbocycles. The molecule has 1 heterocycles. The number of imidazole rings is 1. The molecule has 0 saturated heterocycles. The van der Waals surface area contributed by atoms with Crippen LogP contribution in [0.5, 0.6) is 0 Å². The van der Waals surface area contributed by atoms with Gasteiger partial charge in [-0.25, -0.2) is 4.98 Å². The summed E-state index contributed by atoms with van der Waals surface area (Å²) in [5.41, 5.74) is 2.41. The molecule has 1 aliphatic rings. The number of alkyl halides is 1. The van der Waals surface area contributed by atoms with Gasteiger partial charge in [0.2, 0.25) is 0 Å². The van der Waals surface area contributed by atoms with Gasteiger partial charge in [-0.1, -0.05) is 25.5 Å². The highest BCUT2D eigenvalue weighted by molar-refractivity contribution is 6.20. The lowest BCUT2D eigenvalue weighted by atomic mass is 9.86. The Bertz CT molecular complexity index is 575. The molecular formula is C17H23ClN2. The molecule has 0 radical (unpaired) electrons. The maximum atomic E-state index is 6.33. The Morgan fingerprint density at radius 2 is 2.15 bits per heavy atom. The van der Waals surface area contributed by atoms with Crippen molar-refractivity contribution < 1.29 is 0 Å². The Kier molecular flexibility index (Phi) is 4.30. The van der Waals surface area contributed by atoms with E-state index in [1.807, 2.05) is 0 Å². The molecule has 0 bridgehead atoms. The van der Waals surface area contributed by atoms with E-state index >= 15 is 0 Å². The Morgan fingerprint density at radius 1 is 1.30 bits per heavy atom. The van der Waals surface area contributed by atoms with Crippen LogP contribution in [0.15, 0.2) is 24.3 Å². The molecule has 2 nitrogen and oxygen atoms in total. The van der Waals surface area contributed by atoms with Crippen LogP contribution in [0.1, 0.15) is 44.9 Å². The van der Waals surface area contributed by atoms with Crippen molar-refractivity contribution in [1.82, 2.24) is 9.55 Å². The summed E-state index contributed by atoms with van der Waals surface area (Å²) in [5, 5.41) is 0.373. The number of halogens is 1. The Morgan fingerprint density at radius 3 is 2.95 bits per heavy atom. The average molecular weight is 291 g/mol. The fourth-order valence-corrected chi connectivity index (χ4v) is 3.83. The molecule has 1 fully saturated rings. The van der Waals surface area contributed by atoms with E-state index in [0.717, 1.165) is 31.3 Å². The van der Waals surface area contributed by atoms with Crippen molar-refractivity contribution in [2.75, 3.05) is 0 Å². The van der Waals surface area contributed by atoms with Crippen molar-refractivity contribution in [3.63, 3.8) is 0 Å². The summed E-state index contributed by atoms with van der Waals surface area (Å²) in [5.74, 6) is 1.96. The second kappa shape index (κ2) is 6.17. The fourth-order valence-electron chi connectivity index (χ4n) is 3.42. The smallest absolute Gasteiger partial charge is 0.110 e. The lowest BCUT2D eigenvalue weighted by Gasteiger charge is -2.25. The fraction of sp³-hybridized carbons (Fsp3) is 0.588. The summed E-state index contributed by atoms with van der Waals surface area (Å²) in [6.07, 6.45) is 7.14. The molecule has 20 heavy (non-hydrogen) atoms. The number of rotatable bonds is 4. The molecule has 2 unspecified atom stereocenters. The summed E-state index contributed by atoms with van der Waals surface area (Å²) in [6, 6.07) is 8.49. The standard InChI is InChI=1S/C17H23ClN2/c1-2-10-20-16-9-4-3-8-15(16)19-17(20)12-13-6-5-7-14(18)11-13/h3-4,8-9,13-14H,2,5-7,10-12H2,1H3. The second-order valence-corrected chi connectivity index (χ2v) is 6.62. The normalized spacial score (nSPS) is 23.3. The van der Waals surface area contributed by atoms with Gasteiger partial charge in [0.1, 0.15) is 5.82 Å². The van der Waals surface area contributed by atoms with E-state index in [2.05, 4.69) is 35.8 Å². The zero-order valence-electron chi connectivity index (χ0n) is 12.2. The van der Waals surface area contributed by atoms with E-state index in [0.29, 0.717) is 11.3 Å². The molecule has 1 aromatic carbocycles. The summed E-state index contributed by atoms with van der Waals surface area (Å²) < 4.78 is 2.41. The number of nitrogens with zero attached hydrogens (tertiary/aromatic N) is 2. The predicted octanol–water partition coefficient (Wildman–Crippen LogP) is 4.79. The lowest BCUT2D eigenvalue weighted by Crippen LogP contribution is -2.19. The molecule has 3 rings (SSSR count). The first kappa shape index (κ1) is 13.9. The largest absolute Gasteiger partial charge is 0.328 e. The Balaban J connectivity index is 1.87. The SMILES string of the molecule is CCCn1c(CC2CCCC(Cl)C2)nc2ccccc21. The van der Waals surface area contributed by atoms with Crippen LogP contribution in [0.4, 0.5) is 0 Å². The maximum Gasteiger partial charge on any atom is 0.110 e. The quantitative estimate of drug-likeness (QED) is 0.741. The van der Waals surface area contributed by atoms with Gasteiger partial charge in [-0.3, -0.25) is 0 Å². The van der Waals surface area contributed by atoms with Gasteiger partial charge in [-0.05, 0) is 43.7 Å². The van der Waals surface area contributed by atoms with Gasteiger partial charge < -0.3 is 4.57 Å². The number of aryl methyl sites for hydroxylation is 1. The lowest BCUT2D eigenvalue weighted by molar-refractivity contribution is 0.352. The van der Waals surface area contributed by atoms with Crippen molar-refractivity contribution >= 4 is 22.6 Å². The van der Waals surface area contributed by atoms with Crippen LogP contribution in [0.25, 0.3) is 11.0 Å². The minimum absolute atomic E-state index is 0.373. The van der Waals surface area contributed by atoms with Crippen LogP contribution >= 0.6 is 11.6 Å². The first-order chi connectivity index (χ1) is 9.78. The van der Waals surface area contributed by atoms with E-state index < -0.39 is 0 Å². The molecular weight excluding hydrogens is 268 g/mol. The van der Waals surface area contributed by atoms with Gasteiger partial charge in [0.15, 0.2) is 0 Å². The van der Waals surface area contributed by atoms with Crippen molar-refractivity contribution in [3.8, 4) is 0 Å². The molecule has 1 aliphatic carbocycles. The average Bonchev–Trinajstić information content (AvgIpc) is 2.77.